The Hall–Kier alpha value is -2.43. The van der Waals surface area contributed by atoms with E-state index in [-0.39, 0.29) is 23.4 Å². The topological polar surface area (TPSA) is 72.2 Å². The van der Waals surface area contributed by atoms with Gasteiger partial charge in [-0.05, 0) is 25.0 Å². The van der Waals surface area contributed by atoms with Crippen molar-refractivity contribution >= 4 is 17.4 Å². The molecule has 0 aliphatic carbocycles. The van der Waals surface area contributed by atoms with E-state index < -0.39 is 0 Å². The fourth-order valence-corrected chi connectivity index (χ4v) is 2.00. The van der Waals surface area contributed by atoms with Gasteiger partial charge in [-0.25, -0.2) is 4.98 Å². The molecule has 1 amide bonds. The normalized spacial score (nSPS) is 10.7. The summed E-state index contributed by atoms with van der Waals surface area (Å²) < 4.78 is 5.40. The summed E-state index contributed by atoms with van der Waals surface area (Å²) in [5, 5.41) is 2.74. The molecule has 21 heavy (non-hydrogen) atoms. The Labute approximate surface area is 123 Å². The Bertz CT molecular complexity index is 687. The number of aromatic nitrogens is 1. The Balaban J connectivity index is 2.26. The van der Waals surface area contributed by atoms with Crippen LogP contribution in [0.1, 0.15) is 59.2 Å². The quantitative estimate of drug-likeness (QED) is 0.872. The monoisotopic (exact) mass is 286 g/mol. The predicted octanol–water partition coefficient (Wildman–Crippen LogP) is 3.56. The van der Waals surface area contributed by atoms with Crippen molar-refractivity contribution in [3.8, 4) is 0 Å². The van der Waals surface area contributed by atoms with Crippen LogP contribution in [0.4, 0.5) is 5.69 Å². The minimum Gasteiger partial charge on any atom is -0.436 e. The van der Waals surface area contributed by atoms with Gasteiger partial charge in [0.1, 0.15) is 0 Å². The van der Waals surface area contributed by atoms with Gasteiger partial charge in [0.25, 0.3) is 5.91 Å². The number of carbonyl (C=O) groups excluding carboxylic acids is 2. The number of Topliss-reactive ketones (excluding diaryl/α,β-unsaturated/α-hetero) is 1. The van der Waals surface area contributed by atoms with Gasteiger partial charge in [0.15, 0.2) is 11.7 Å². The third-order valence-electron chi connectivity index (χ3n) is 3.04. The molecule has 1 aromatic heterocycles. The van der Waals surface area contributed by atoms with Crippen LogP contribution in [0.15, 0.2) is 28.7 Å². The highest BCUT2D eigenvalue weighted by molar-refractivity contribution is 6.04. The molecule has 0 spiro atoms. The summed E-state index contributed by atoms with van der Waals surface area (Å²) in [6.45, 7) is 7.09. The van der Waals surface area contributed by atoms with Gasteiger partial charge in [0.05, 0.1) is 5.69 Å². The average molecular weight is 286 g/mol. The lowest BCUT2D eigenvalue weighted by Crippen LogP contribution is -2.14. The maximum atomic E-state index is 12.3. The van der Waals surface area contributed by atoms with Crippen molar-refractivity contribution in [3.63, 3.8) is 0 Å². The van der Waals surface area contributed by atoms with E-state index in [1.165, 1.54) is 6.92 Å². The van der Waals surface area contributed by atoms with Crippen LogP contribution in [-0.2, 0) is 0 Å². The van der Waals surface area contributed by atoms with Crippen LogP contribution in [0.2, 0.25) is 0 Å². The Morgan fingerprint density at radius 2 is 2.00 bits per heavy atom. The van der Waals surface area contributed by atoms with E-state index in [1.807, 2.05) is 13.8 Å². The largest absolute Gasteiger partial charge is 0.436 e. The second-order valence-electron chi connectivity index (χ2n) is 5.19. The molecular weight excluding hydrogens is 268 g/mol. The van der Waals surface area contributed by atoms with Crippen LogP contribution in [0.3, 0.4) is 0 Å². The van der Waals surface area contributed by atoms with Crippen LogP contribution < -0.4 is 5.32 Å². The first kappa shape index (κ1) is 15.0. The summed E-state index contributed by atoms with van der Waals surface area (Å²) >= 11 is 0. The van der Waals surface area contributed by atoms with Crippen LogP contribution in [0.5, 0.6) is 0 Å². The number of rotatable bonds is 4. The Morgan fingerprint density at radius 3 is 2.62 bits per heavy atom. The molecule has 1 N–H and O–H groups in total. The van der Waals surface area contributed by atoms with Gasteiger partial charge < -0.3 is 9.73 Å². The maximum Gasteiger partial charge on any atom is 0.293 e. The van der Waals surface area contributed by atoms with Gasteiger partial charge in [-0.2, -0.15) is 0 Å². The molecule has 1 aromatic carbocycles. The number of nitrogens with one attached hydrogen (secondary N) is 1. The lowest BCUT2D eigenvalue weighted by Gasteiger charge is -2.06. The summed E-state index contributed by atoms with van der Waals surface area (Å²) in [5.74, 6) is 0.355. The van der Waals surface area contributed by atoms with Crippen molar-refractivity contribution in [1.82, 2.24) is 4.98 Å². The standard InChI is InChI=1S/C16H18N2O3/c1-9(2)14-15(21-11(4)17-14)16(20)18-13-7-5-6-12(8-13)10(3)19/h5-9H,1-4H3,(H,18,20). The molecule has 5 nitrogen and oxygen atoms in total. The third-order valence-corrected chi connectivity index (χ3v) is 3.04. The summed E-state index contributed by atoms with van der Waals surface area (Å²) in [6, 6.07) is 6.79. The van der Waals surface area contributed by atoms with Crippen LogP contribution in [-0.4, -0.2) is 16.7 Å². The molecule has 110 valence electrons. The fourth-order valence-electron chi connectivity index (χ4n) is 2.00. The zero-order valence-electron chi connectivity index (χ0n) is 12.6. The molecule has 2 rings (SSSR count). The van der Waals surface area contributed by atoms with Crippen LogP contribution in [0, 0.1) is 6.92 Å². The van der Waals surface area contributed by atoms with Crippen LogP contribution in [0.25, 0.3) is 0 Å². The number of hydrogen-bond donors (Lipinski definition) is 1. The van der Waals surface area contributed by atoms with E-state index in [1.54, 1.807) is 31.2 Å². The molecule has 0 atom stereocenters. The molecule has 0 aliphatic heterocycles. The lowest BCUT2D eigenvalue weighted by molar-refractivity contribution is 0.0989. The highest BCUT2D eigenvalue weighted by Crippen LogP contribution is 2.21. The van der Waals surface area contributed by atoms with Crippen LogP contribution >= 0.6 is 0 Å². The van der Waals surface area contributed by atoms with Gasteiger partial charge in [0.2, 0.25) is 5.76 Å². The summed E-state index contributed by atoms with van der Waals surface area (Å²) in [7, 11) is 0. The second-order valence-corrected chi connectivity index (χ2v) is 5.19. The van der Waals surface area contributed by atoms with Gasteiger partial charge >= 0.3 is 0 Å². The van der Waals surface area contributed by atoms with Crippen molar-refractivity contribution in [2.75, 3.05) is 5.32 Å². The smallest absolute Gasteiger partial charge is 0.293 e. The van der Waals surface area contributed by atoms with E-state index in [9.17, 15) is 9.59 Å². The molecule has 0 unspecified atom stereocenters. The SMILES string of the molecule is CC(=O)c1cccc(NC(=O)c2oc(C)nc2C(C)C)c1. The zero-order chi connectivity index (χ0) is 15.6. The second kappa shape index (κ2) is 5.91. The van der Waals surface area contributed by atoms with E-state index in [2.05, 4.69) is 10.3 Å². The highest BCUT2D eigenvalue weighted by Gasteiger charge is 2.21. The molecule has 0 aliphatic rings. The number of amides is 1. The van der Waals surface area contributed by atoms with E-state index >= 15 is 0 Å². The number of aryl methyl sites for hydroxylation is 1. The van der Waals surface area contributed by atoms with E-state index in [4.69, 9.17) is 4.42 Å². The fraction of sp³-hybridized carbons (Fsp3) is 0.312. The Kier molecular flexibility index (Phi) is 4.21. The molecule has 0 radical (unpaired) electrons. The summed E-state index contributed by atoms with van der Waals surface area (Å²) in [6.07, 6.45) is 0. The van der Waals surface area contributed by atoms with Crippen molar-refractivity contribution in [2.24, 2.45) is 0 Å². The number of anilines is 1. The number of nitrogens with zero attached hydrogens (tertiary/aromatic N) is 1. The maximum absolute atomic E-state index is 12.3. The van der Waals surface area contributed by atoms with E-state index in [0.29, 0.717) is 22.8 Å². The van der Waals surface area contributed by atoms with Gasteiger partial charge in [-0.15, -0.1) is 0 Å². The van der Waals surface area contributed by atoms with Crippen molar-refractivity contribution < 1.29 is 14.0 Å². The third kappa shape index (κ3) is 3.37. The number of benzene rings is 1. The lowest BCUT2D eigenvalue weighted by atomic mass is 10.1. The van der Waals surface area contributed by atoms with E-state index in [0.717, 1.165) is 0 Å². The molecule has 1 heterocycles. The average Bonchev–Trinajstić information content (AvgIpc) is 2.81. The minimum absolute atomic E-state index is 0.0514. The van der Waals surface area contributed by atoms with Crippen molar-refractivity contribution in [2.45, 2.75) is 33.6 Å². The van der Waals surface area contributed by atoms with Gasteiger partial charge in [-0.1, -0.05) is 26.0 Å². The zero-order valence-corrected chi connectivity index (χ0v) is 12.6. The predicted molar refractivity (Wildman–Crippen MR) is 79.7 cm³/mol. The molecule has 2 aromatic rings. The molecule has 0 saturated carbocycles. The molecular formula is C16H18N2O3. The van der Waals surface area contributed by atoms with Gasteiger partial charge in [0, 0.05) is 18.2 Å². The minimum atomic E-state index is -0.361. The number of hydrogen-bond acceptors (Lipinski definition) is 4. The first-order valence-electron chi connectivity index (χ1n) is 6.78. The molecule has 5 heteroatoms. The summed E-state index contributed by atoms with van der Waals surface area (Å²) in [5.41, 5.74) is 1.73. The molecule has 0 saturated heterocycles. The number of oxazole rings is 1. The first-order chi connectivity index (χ1) is 9.88. The molecule has 0 bridgehead atoms. The highest BCUT2D eigenvalue weighted by atomic mass is 16.4. The number of ketones is 1. The first-order valence-corrected chi connectivity index (χ1v) is 6.78. The Morgan fingerprint density at radius 1 is 1.29 bits per heavy atom. The molecule has 0 fully saturated rings. The van der Waals surface area contributed by atoms with Crippen molar-refractivity contribution in [3.05, 3.63) is 47.2 Å². The van der Waals surface area contributed by atoms with Crippen molar-refractivity contribution in [1.29, 1.82) is 0 Å². The summed E-state index contributed by atoms with van der Waals surface area (Å²) in [4.78, 5) is 27.9. The number of carbonyl (C=O) groups is 2. The van der Waals surface area contributed by atoms with Gasteiger partial charge in [-0.3, -0.25) is 9.59 Å².